The average Bonchev–Trinajstić information content (AvgIpc) is 2.86. The molecule has 0 spiro atoms. The van der Waals surface area contributed by atoms with Crippen molar-refractivity contribution in [3.05, 3.63) is 64.7 Å². The molecule has 3 rings (SSSR count). The maximum absolute atomic E-state index is 4.45. The van der Waals surface area contributed by atoms with Gasteiger partial charge >= 0.3 is 0 Å². The van der Waals surface area contributed by atoms with Crippen LogP contribution in [0.1, 0.15) is 17.4 Å². The Bertz CT molecular complexity index is 748. The van der Waals surface area contributed by atoms with Crippen LogP contribution in [0, 0.1) is 0 Å². The lowest BCUT2D eigenvalue weighted by molar-refractivity contribution is 0.618. The molecular formula is C16H16BrN3. The second-order valence-corrected chi connectivity index (χ2v) is 5.78. The molecule has 1 heterocycles. The van der Waals surface area contributed by atoms with Crippen LogP contribution in [0.2, 0.25) is 0 Å². The number of benzene rings is 2. The van der Waals surface area contributed by atoms with Crippen LogP contribution in [0.5, 0.6) is 0 Å². The highest BCUT2D eigenvalue weighted by Crippen LogP contribution is 2.26. The Hall–Kier alpha value is -1.65. The molecule has 20 heavy (non-hydrogen) atoms. The van der Waals surface area contributed by atoms with E-state index in [1.165, 1.54) is 16.3 Å². The maximum Gasteiger partial charge on any atom is 0.130 e. The minimum atomic E-state index is 0.100. The molecule has 102 valence electrons. The third kappa shape index (κ3) is 2.37. The lowest BCUT2D eigenvalue weighted by Crippen LogP contribution is -2.21. The average molecular weight is 330 g/mol. The number of nitrogens with one attached hydrogen (secondary N) is 1. The topological polar surface area (TPSA) is 29.9 Å². The summed E-state index contributed by atoms with van der Waals surface area (Å²) in [4.78, 5) is 4.45. The molecule has 1 aromatic heterocycles. The van der Waals surface area contributed by atoms with E-state index in [1.54, 1.807) is 0 Å². The van der Waals surface area contributed by atoms with E-state index >= 15 is 0 Å². The number of fused-ring (bicyclic) bond motifs is 1. The smallest absolute Gasteiger partial charge is 0.130 e. The Labute approximate surface area is 126 Å². The Kier molecular flexibility index (Phi) is 3.59. The Morgan fingerprint density at radius 1 is 1.15 bits per heavy atom. The molecular weight excluding hydrogens is 314 g/mol. The highest BCUT2D eigenvalue weighted by molar-refractivity contribution is 9.10. The van der Waals surface area contributed by atoms with Crippen LogP contribution < -0.4 is 5.32 Å². The minimum absolute atomic E-state index is 0.100. The van der Waals surface area contributed by atoms with Crippen molar-refractivity contribution in [1.29, 1.82) is 0 Å². The van der Waals surface area contributed by atoms with E-state index in [2.05, 4.69) is 62.6 Å². The van der Waals surface area contributed by atoms with Crippen molar-refractivity contribution in [3.8, 4) is 0 Å². The fourth-order valence-electron chi connectivity index (χ4n) is 2.51. The molecule has 4 heteroatoms. The van der Waals surface area contributed by atoms with Crippen LogP contribution in [-0.2, 0) is 7.05 Å². The van der Waals surface area contributed by atoms with Gasteiger partial charge < -0.3 is 9.88 Å². The molecule has 1 atom stereocenters. The number of hydrogen-bond donors (Lipinski definition) is 1. The van der Waals surface area contributed by atoms with Gasteiger partial charge in [0.15, 0.2) is 0 Å². The predicted octanol–water partition coefficient (Wildman–Crippen LogP) is 3.64. The van der Waals surface area contributed by atoms with E-state index in [-0.39, 0.29) is 6.04 Å². The lowest BCUT2D eigenvalue weighted by Gasteiger charge is -2.17. The third-order valence-corrected chi connectivity index (χ3v) is 4.06. The van der Waals surface area contributed by atoms with Gasteiger partial charge in [-0.25, -0.2) is 4.98 Å². The molecule has 0 aliphatic carbocycles. The largest absolute Gasteiger partial charge is 0.336 e. The van der Waals surface area contributed by atoms with E-state index in [0.29, 0.717) is 0 Å². The summed E-state index contributed by atoms with van der Waals surface area (Å²) in [7, 11) is 3.98. The number of nitrogens with zero attached hydrogens (tertiary/aromatic N) is 2. The summed E-state index contributed by atoms with van der Waals surface area (Å²) in [6.45, 7) is 0. The van der Waals surface area contributed by atoms with Crippen LogP contribution in [0.15, 0.2) is 53.3 Å². The molecule has 0 fully saturated rings. The molecule has 0 radical (unpaired) electrons. The van der Waals surface area contributed by atoms with E-state index < -0.39 is 0 Å². The maximum atomic E-state index is 4.45. The van der Waals surface area contributed by atoms with Crippen molar-refractivity contribution >= 4 is 26.7 Å². The summed E-state index contributed by atoms with van der Waals surface area (Å²) in [6, 6.07) is 13.0. The molecule has 2 aromatic carbocycles. The van der Waals surface area contributed by atoms with Crippen molar-refractivity contribution in [2.45, 2.75) is 6.04 Å². The Morgan fingerprint density at radius 3 is 2.60 bits per heavy atom. The fraction of sp³-hybridized carbons (Fsp3) is 0.188. The molecule has 0 bridgehead atoms. The van der Waals surface area contributed by atoms with Gasteiger partial charge in [0.1, 0.15) is 5.82 Å². The summed E-state index contributed by atoms with van der Waals surface area (Å²) in [5, 5.41) is 5.82. The van der Waals surface area contributed by atoms with Gasteiger partial charge in [-0.3, -0.25) is 0 Å². The normalized spacial score (nSPS) is 12.8. The highest BCUT2D eigenvalue weighted by atomic mass is 79.9. The van der Waals surface area contributed by atoms with E-state index in [4.69, 9.17) is 0 Å². The van der Waals surface area contributed by atoms with Gasteiger partial charge in [0.05, 0.1) is 6.04 Å². The van der Waals surface area contributed by atoms with Gasteiger partial charge in [-0.2, -0.15) is 0 Å². The van der Waals surface area contributed by atoms with Gasteiger partial charge in [0, 0.05) is 23.9 Å². The van der Waals surface area contributed by atoms with E-state index in [1.807, 2.05) is 31.1 Å². The SMILES string of the molecule is CNC(c1ccc2cc(Br)ccc2c1)c1nccn1C. The standard InChI is InChI=1S/C16H16BrN3/c1-18-15(16-19-7-8-20(16)2)13-4-3-12-10-14(17)6-5-11(12)9-13/h3-10,15,18H,1-2H3. The molecule has 3 nitrogen and oxygen atoms in total. The zero-order valence-corrected chi connectivity index (χ0v) is 13.1. The van der Waals surface area contributed by atoms with Crippen molar-refractivity contribution in [2.24, 2.45) is 7.05 Å². The molecule has 0 aliphatic heterocycles. The molecule has 0 saturated carbocycles. The lowest BCUT2D eigenvalue weighted by atomic mass is 10.0. The van der Waals surface area contributed by atoms with Crippen molar-refractivity contribution in [3.63, 3.8) is 0 Å². The van der Waals surface area contributed by atoms with Crippen LogP contribution in [0.4, 0.5) is 0 Å². The number of imidazole rings is 1. The zero-order valence-electron chi connectivity index (χ0n) is 11.5. The Morgan fingerprint density at radius 2 is 1.90 bits per heavy atom. The summed E-state index contributed by atoms with van der Waals surface area (Å²) >= 11 is 3.51. The minimum Gasteiger partial charge on any atom is -0.336 e. The highest BCUT2D eigenvalue weighted by Gasteiger charge is 2.16. The zero-order chi connectivity index (χ0) is 14.1. The van der Waals surface area contributed by atoms with Crippen molar-refractivity contribution in [2.75, 3.05) is 7.05 Å². The molecule has 0 aliphatic rings. The molecule has 3 aromatic rings. The van der Waals surface area contributed by atoms with Gasteiger partial charge in [-0.15, -0.1) is 0 Å². The third-order valence-electron chi connectivity index (χ3n) is 3.57. The van der Waals surface area contributed by atoms with Crippen LogP contribution >= 0.6 is 15.9 Å². The van der Waals surface area contributed by atoms with Crippen molar-refractivity contribution < 1.29 is 0 Å². The Balaban J connectivity index is 2.08. The second-order valence-electron chi connectivity index (χ2n) is 4.87. The summed E-state index contributed by atoms with van der Waals surface area (Å²) in [5.74, 6) is 1.02. The number of rotatable bonds is 3. The van der Waals surface area contributed by atoms with Gasteiger partial charge in [-0.1, -0.05) is 34.1 Å². The quantitative estimate of drug-likeness (QED) is 0.794. The van der Waals surface area contributed by atoms with Crippen LogP contribution in [0.3, 0.4) is 0 Å². The van der Waals surface area contributed by atoms with Crippen molar-refractivity contribution in [1.82, 2.24) is 14.9 Å². The molecule has 0 saturated heterocycles. The summed E-state index contributed by atoms with van der Waals surface area (Å²) in [5.41, 5.74) is 1.22. The number of hydrogen-bond acceptors (Lipinski definition) is 2. The monoisotopic (exact) mass is 329 g/mol. The first-order chi connectivity index (χ1) is 9.69. The van der Waals surface area contributed by atoms with Crippen LogP contribution in [-0.4, -0.2) is 16.6 Å². The summed E-state index contributed by atoms with van der Waals surface area (Å²) in [6.07, 6.45) is 3.80. The first-order valence-corrected chi connectivity index (χ1v) is 7.32. The molecule has 0 amide bonds. The van der Waals surface area contributed by atoms with E-state index in [9.17, 15) is 0 Å². The number of aryl methyl sites for hydroxylation is 1. The number of aromatic nitrogens is 2. The second kappa shape index (κ2) is 5.38. The van der Waals surface area contributed by atoms with Gasteiger partial charge in [0.25, 0.3) is 0 Å². The first kappa shape index (κ1) is 13.3. The molecule has 1 unspecified atom stereocenters. The van der Waals surface area contributed by atoms with Crippen LogP contribution in [0.25, 0.3) is 10.8 Å². The predicted molar refractivity (Wildman–Crippen MR) is 85.8 cm³/mol. The van der Waals surface area contributed by atoms with Gasteiger partial charge in [-0.05, 0) is 41.6 Å². The summed E-state index contributed by atoms with van der Waals surface area (Å²) < 4.78 is 3.15. The van der Waals surface area contributed by atoms with E-state index in [0.717, 1.165) is 10.3 Å². The first-order valence-electron chi connectivity index (χ1n) is 6.53. The van der Waals surface area contributed by atoms with Gasteiger partial charge in [0.2, 0.25) is 0 Å². The molecule has 1 N–H and O–H groups in total. The fourth-order valence-corrected chi connectivity index (χ4v) is 2.89. The number of halogens is 1.